The van der Waals surface area contributed by atoms with Crippen molar-refractivity contribution in [2.45, 2.75) is 26.8 Å². The van der Waals surface area contributed by atoms with Crippen LogP contribution in [0.2, 0.25) is 0 Å². The first-order valence-corrected chi connectivity index (χ1v) is 10.5. The average Bonchev–Trinajstić information content (AvgIpc) is 2.81. The summed E-state index contributed by atoms with van der Waals surface area (Å²) in [5, 5.41) is 5.29. The second-order valence-corrected chi connectivity index (χ2v) is 7.37. The fraction of sp³-hybridized carbons (Fsp3) is 0.375. The Morgan fingerprint density at radius 3 is 2.18 bits per heavy atom. The van der Waals surface area contributed by atoms with Crippen molar-refractivity contribution in [3.63, 3.8) is 0 Å². The number of nitrogens with one attached hydrogen (secondary N) is 2. The van der Waals surface area contributed by atoms with Gasteiger partial charge in [0.25, 0.3) is 11.8 Å². The monoisotopic (exact) mass is 458 g/mol. The molecule has 2 N–H and O–H groups in total. The van der Waals surface area contributed by atoms with Gasteiger partial charge in [-0.1, -0.05) is 13.8 Å². The SMILES string of the molecule is CCOc1ccc(C(=O)NC(C(=O)OCC(=O)Nc2ccc(OC)cc2OC)C(C)C)cc1. The highest BCUT2D eigenvalue weighted by molar-refractivity contribution is 5.98. The molecule has 0 aliphatic rings. The topological polar surface area (TPSA) is 112 Å². The largest absolute Gasteiger partial charge is 0.497 e. The normalized spacial score (nSPS) is 11.3. The van der Waals surface area contributed by atoms with E-state index in [4.69, 9.17) is 18.9 Å². The third-order valence-electron chi connectivity index (χ3n) is 4.66. The summed E-state index contributed by atoms with van der Waals surface area (Å²) in [5.74, 6) is -0.326. The molecule has 0 aromatic heterocycles. The number of ether oxygens (including phenoxy) is 4. The smallest absolute Gasteiger partial charge is 0.329 e. The van der Waals surface area contributed by atoms with Crippen LogP contribution in [0.3, 0.4) is 0 Å². The summed E-state index contributed by atoms with van der Waals surface area (Å²) >= 11 is 0. The lowest BCUT2D eigenvalue weighted by Gasteiger charge is -2.21. The van der Waals surface area contributed by atoms with Crippen molar-refractivity contribution in [1.82, 2.24) is 5.32 Å². The predicted molar refractivity (Wildman–Crippen MR) is 123 cm³/mol. The molecule has 0 radical (unpaired) electrons. The summed E-state index contributed by atoms with van der Waals surface area (Å²) in [7, 11) is 2.98. The van der Waals surface area contributed by atoms with Crippen LogP contribution < -0.4 is 24.8 Å². The summed E-state index contributed by atoms with van der Waals surface area (Å²) in [5.41, 5.74) is 0.782. The summed E-state index contributed by atoms with van der Waals surface area (Å²) in [6.07, 6.45) is 0. The van der Waals surface area contributed by atoms with Crippen molar-refractivity contribution in [2.75, 3.05) is 32.8 Å². The van der Waals surface area contributed by atoms with E-state index < -0.39 is 30.4 Å². The van der Waals surface area contributed by atoms with E-state index in [-0.39, 0.29) is 5.92 Å². The Hall–Kier alpha value is -3.75. The van der Waals surface area contributed by atoms with E-state index in [9.17, 15) is 14.4 Å². The van der Waals surface area contributed by atoms with Gasteiger partial charge in [0, 0.05) is 11.6 Å². The second kappa shape index (κ2) is 12.3. The molecule has 9 nitrogen and oxygen atoms in total. The zero-order valence-electron chi connectivity index (χ0n) is 19.5. The number of hydrogen-bond acceptors (Lipinski definition) is 7. The molecule has 1 atom stereocenters. The van der Waals surface area contributed by atoms with Gasteiger partial charge < -0.3 is 29.6 Å². The zero-order valence-corrected chi connectivity index (χ0v) is 19.5. The zero-order chi connectivity index (χ0) is 24.4. The molecule has 0 heterocycles. The predicted octanol–water partition coefficient (Wildman–Crippen LogP) is 3.04. The van der Waals surface area contributed by atoms with E-state index in [1.807, 2.05) is 6.92 Å². The minimum absolute atomic E-state index is 0.256. The van der Waals surface area contributed by atoms with Crippen molar-refractivity contribution in [3.8, 4) is 17.2 Å². The molecular weight excluding hydrogens is 428 g/mol. The second-order valence-electron chi connectivity index (χ2n) is 7.37. The van der Waals surface area contributed by atoms with Crippen molar-refractivity contribution >= 4 is 23.5 Å². The summed E-state index contributed by atoms with van der Waals surface area (Å²) < 4.78 is 20.9. The number of anilines is 1. The summed E-state index contributed by atoms with van der Waals surface area (Å²) in [6, 6.07) is 10.6. The van der Waals surface area contributed by atoms with Crippen LogP contribution in [-0.4, -0.2) is 51.3 Å². The number of methoxy groups -OCH3 is 2. The first kappa shape index (κ1) is 25.5. The molecule has 0 aliphatic carbocycles. The Morgan fingerprint density at radius 1 is 0.939 bits per heavy atom. The molecule has 0 aliphatic heterocycles. The van der Waals surface area contributed by atoms with E-state index in [1.165, 1.54) is 14.2 Å². The molecular formula is C24H30N2O7. The van der Waals surface area contributed by atoms with Crippen molar-refractivity contribution < 1.29 is 33.3 Å². The van der Waals surface area contributed by atoms with E-state index in [1.54, 1.807) is 56.3 Å². The van der Waals surface area contributed by atoms with E-state index in [0.717, 1.165) is 0 Å². The number of carbonyl (C=O) groups excluding carboxylic acids is 3. The van der Waals surface area contributed by atoms with Gasteiger partial charge in [-0.05, 0) is 49.2 Å². The molecule has 2 rings (SSSR count). The Morgan fingerprint density at radius 2 is 1.61 bits per heavy atom. The average molecular weight is 459 g/mol. The molecule has 0 saturated heterocycles. The third-order valence-corrected chi connectivity index (χ3v) is 4.66. The van der Waals surface area contributed by atoms with Gasteiger partial charge in [-0.3, -0.25) is 9.59 Å². The molecule has 1 unspecified atom stereocenters. The Labute approximate surface area is 193 Å². The van der Waals surface area contributed by atoms with E-state index in [2.05, 4.69) is 10.6 Å². The third kappa shape index (κ3) is 7.41. The fourth-order valence-corrected chi connectivity index (χ4v) is 2.91. The maximum atomic E-state index is 12.6. The summed E-state index contributed by atoms with van der Waals surface area (Å²) in [4.78, 5) is 37.4. The van der Waals surface area contributed by atoms with Crippen LogP contribution in [0.25, 0.3) is 0 Å². The molecule has 0 bridgehead atoms. The van der Waals surface area contributed by atoms with Gasteiger partial charge in [0.05, 0.1) is 26.5 Å². The number of hydrogen-bond donors (Lipinski definition) is 2. The first-order valence-electron chi connectivity index (χ1n) is 10.5. The molecule has 9 heteroatoms. The number of rotatable bonds is 11. The van der Waals surface area contributed by atoms with Gasteiger partial charge in [0.15, 0.2) is 6.61 Å². The van der Waals surface area contributed by atoms with Crippen LogP contribution in [0.15, 0.2) is 42.5 Å². The highest BCUT2D eigenvalue weighted by Gasteiger charge is 2.27. The van der Waals surface area contributed by atoms with Gasteiger partial charge in [0.1, 0.15) is 23.3 Å². The van der Waals surface area contributed by atoms with Crippen molar-refractivity contribution in [1.29, 1.82) is 0 Å². The highest BCUT2D eigenvalue weighted by atomic mass is 16.5. The van der Waals surface area contributed by atoms with Crippen LogP contribution in [0, 0.1) is 5.92 Å². The van der Waals surface area contributed by atoms with Gasteiger partial charge in [-0.2, -0.15) is 0 Å². The molecule has 178 valence electrons. The van der Waals surface area contributed by atoms with Gasteiger partial charge in [0.2, 0.25) is 0 Å². The Balaban J connectivity index is 1.95. The summed E-state index contributed by atoms with van der Waals surface area (Å²) in [6.45, 7) is 5.41. The highest BCUT2D eigenvalue weighted by Crippen LogP contribution is 2.28. The maximum Gasteiger partial charge on any atom is 0.329 e. The Kier molecular flexibility index (Phi) is 9.53. The maximum absolute atomic E-state index is 12.6. The molecule has 0 saturated carbocycles. The van der Waals surface area contributed by atoms with Crippen molar-refractivity contribution in [3.05, 3.63) is 48.0 Å². The molecule has 0 fully saturated rings. The number of carbonyl (C=O) groups is 3. The van der Waals surface area contributed by atoms with Crippen LogP contribution in [0.4, 0.5) is 5.69 Å². The quantitative estimate of drug-likeness (QED) is 0.498. The van der Waals surface area contributed by atoms with Crippen LogP contribution >= 0.6 is 0 Å². The lowest BCUT2D eigenvalue weighted by atomic mass is 10.0. The van der Waals surface area contributed by atoms with Gasteiger partial charge in [-0.15, -0.1) is 0 Å². The van der Waals surface area contributed by atoms with Crippen molar-refractivity contribution in [2.24, 2.45) is 5.92 Å². The number of esters is 1. The molecule has 2 aromatic carbocycles. The Bertz CT molecular complexity index is 958. The molecule has 2 aromatic rings. The standard InChI is InChI=1S/C24H30N2O7/c1-6-32-17-9-7-16(8-10-17)23(28)26-22(15(2)3)24(29)33-14-21(27)25-19-12-11-18(30-4)13-20(19)31-5/h7-13,15,22H,6,14H2,1-5H3,(H,25,27)(H,26,28). The van der Waals surface area contributed by atoms with Crippen LogP contribution in [0.5, 0.6) is 17.2 Å². The van der Waals surface area contributed by atoms with Crippen LogP contribution in [-0.2, 0) is 14.3 Å². The lowest BCUT2D eigenvalue weighted by molar-refractivity contribution is -0.150. The van der Waals surface area contributed by atoms with Gasteiger partial charge in [-0.25, -0.2) is 4.79 Å². The molecule has 0 spiro atoms. The lowest BCUT2D eigenvalue weighted by Crippen LogP contribution is -2.45. The minimum atomic E-state index is -0.924. The van der Waals surface area contributed by atoms with Crippen LogP contribution in [0.1, 0.15) is 31.1 Å². The van der Waals surface area contributed by atoms with Gasteiger partial charge >= 0.3 is 5.97 Å². The number of amides is 2. The fourth-order valence-electron chi connectivity index (χ4n) is 2.91. The molecule has 33 heavy (non-hydrogen) atoms. The van der Waals surface area contributed by atoms with E-state index >= 15 is 0 Å². The minimum Gasteiger partial charge on any atom is -0.497 e. The molecule has 2 amide bonds. The van der Waals surface area contributed by atoms with E-state index in [0.29, 0.717) is 35.1 Å². The first-order chi connectivity index (χ1) is 15.8. The number of benzene rings is 2.